The van der Waals surface area contributed by atoms with E-state index in [1.807, 2.05) is 30.3 Å². The minimum Gasteiger partial charge on any atom is -0.351 e. The van der Waals surface area contributed by atoms with Crippen LogP contribution in [0.4, 0.5) is 0 Å². The quantitative estimate of drug-likeness (QED) is 0.591. The SMILES string of the molecule is CCCCCCNC(=O)C(=O)N1CCN(C(=O)c2cc3ccccc3[nH]2)CC1. The van der Waals surface area contributed by atoms with E-state index >= 15 is 0 Å². The maximum absolute atomic E-state index is 12.7. The molecule has 0 radical (unpaired) electrons. The molecular weight excluding hydrogens is 356 g/mol. The summed E-state index contributed by atoms with van der Waals surface area (Å²) in [5.74, 6) is -1.14. The molecule has 7 nitrogen and oxygen atoms in total. The Bertz CT molecular complexity index is 804. The van der Waals surface area contributed by atoms with E-state index in [2.05, 4.69) is 17.2 Å². The highest BCUT2D eigenvalue weighted by Gasteiger charge is 2.28. The molecule has 2 N–H and O–H groups in total. The van der Waals surface area contributed by atoms with Crippen LogP contribution in [0.3, 0.4) is 0 Å². The number of nitrogens with zero attached hydrogens (tertiary/aromatic N) is 2. The molecule has 0 saturated carbocycles. The van der Waals surface area contributed by atoms with E-state index in [4.69, 9.17) is 0 Å². The van der Waals surface area contributed by atoms with Gasteiger partial charge in [-0.25, -0.2) is 0 Å². The molecule has 28 heavy (non-hydrogen) atoms. The number of benzene rings is 1. The molecule has 0 spiro atoms. The lowest BCUT2D eigenvalue weighted by molar-refractivity contribution is -0.146. The van der Waals surface area contributed by atoms with Gasteiger partial charge in [-0.1, -0.05) is 44.4 Å². The van der Waals surface area contributed by atoms with Crippen molar-refractivity contribution in [3.05, 3.63) is 36.0 Å². The zero-order chi connectivity index (χ0) is 19.9. The average molecular weight is 384 g/mol. The normalized spacial score (nSPS) is 14.3. The van der Waals surface area contributed by atoms with Crippen molar-refractivity contribution in [2.75, 3.05) is 32.7 Å². The highest BCUT2D eigenvalue weighted by Crippen LogP contribution is 2.17. The lowest BCUT2D eigenvalue weighted by Gasteiger charge is -2.34. The second-order valence-electron chi connectivity index (χ2n) is 7.17. The van der Waals surface area contributed by atoms with Crippen molar-refractivity contribution in [3.8, 4) is 0 Å². The molecule has 2 aromatic rings. The van der Waals surface area contributed by atoms with Crippen molar-refractivity contribution in [1.29, 1.82) is 0 Å². The third-order valence-corrected chi connectivity index (χ3v) is 5.12. The van der Waals surface area contributed by atoms with Crippen LogP contribution in [-0.2, 0) is 9.59 Å². The highest BCUT2D eigenvalue weighted by molar-refractivity contribution is 6.35. The maximum atomic E-state index is 12.7. The molecule has 1 aromatic carbocycles. The van der Waals surface area contributed by atoms with Crippen LogP contribution in [0, 0.1) is 0 Å². The van der Waals surface area contributed by atoms with E-state index in [-0.39, 0.29) is 5.91 Å². The number of aromatic amines is 1. The van der Waals surface area contributed by atoms with Crippen molar-refractivity contribution in [3.63, 3.8) is 0 Å². The Morgan fingerprint density at radius 3 is 2.43 bits per heavy atom. The van der Waals surface area contributed by atoms with Crippen LogP contribution in [0.1, 0.15) is 43.1 Å². The Morgan fingerprint density at radius 2 is 1.71 bits per heavy atom. The number of amides is 3. The molecule has 1 fully saturated rings. The number of carbonyl (C=O) groups is 3. The van der Waals surface area contributed by atoms with Crippen molar-refractivity contribution in [2.24, 2.45) is 0 Å². The van der Waals surface area contributed by atoms with Gasteiger partial charge in [0.2, 0.25) is 0 Å². The molecule has 0 aliphatic carbocycles. The van der Waals surface area contributed by atoms with Gasteiger partial charge in [0, 0.05) is 43.6 Å². The number of piperazine rings is 1. The number of unbranched alkanes of at least 4 members (excludes halogenated alkanes) is 3. The average Bonchev–Trinajstić information content (AvgIpc) is 3.17. The number of aromatic nitrogens is 1. The van der Waals surface area contributed by atoms with Crippen LogP contribution < -0.4 is 5.32 Å². The Hall–Kier alpha value is -2.83. The summed E-state index contributed by atoms with van der Waals surface area (Å²) in [7, 11) is 0. The largest absolute Gasteiger partial charge is 0.351 e. The molecule has 150 valence electrons. The zero-order valence-electron chi connectivity index (χ0n) is 16.4. The van der Waals surface area contributed by atoms with Crippen molar-refractivity contribution in [1.82, 2.24) is 20.1 Å². The number of carbonyl (C=O) groups excluding carboxylic acids is 3. The Morgan fingerprint density at radius 1 is 1.00 bits per heavy atom. The van der Waals surface area contributed by atoms with Gasteiger partial charge in [-0.2, -0.15) is 0 Å². The van der Waals surface area contributed by atoms with Crippen LogP contribution in [0.25, 0.3) is 10.9 Å². The molecule has 3 amide bonds. The molecule has 0 atom stereocenters. The first-order valence-electron chi connectivity index (χ1n) is 10.0. The first-order chi connectivity index (χ1) is 13.6. The van der Waals surface area contributed by atoms with Crippen molar-refractivity contribution >= 4 is 28.6 Å². The summed E-state index contributed by atoms with van der Waals surface area (Å²) in [5, 5.41) is 3.69. The molecule has 1 aliphatic heterocycles. The summed E-state index contributed by atoms with van der Waals surface area (Å²) in [6.07, 6.45) is 4.21. The van der Waals surface area contributed by atoms with Gasteiger partial charge < -0.3 is 20.1 Å². The molecule has 0 unspecified atom stereocenters. The Balaban J connectivity index is 1.47. The summed E-state index contributed by atoms with van der Waals surface area (Å²) >= 11 is 0. The first-order valence-corrected chi connectivity index (χ1v) is 10.0. The maximum Gasteiger partial charge on any atom is 0.312 e. The van der Waals surface area contributed by atoms with Gasteiger partial charge in [0.05, 0.1) is 0 Å². The molecule has 3 rings (SSSR count). The number of fused-ring (bicyclic) bond motifs is 1. The smallest absolute Gasteiger partial charge is 0.312 e. The summed E-state index contributed by atoms with van der Waals surface area (Å²) in [6.45, 7) is 4.24. The molecule has 7 heteroatoms. The molecule has 1 saturated heterocycles. The van der Waals surface area contributed by atoms with Gasteiger partial charge >= 0.3 is 11.8 Å². The lowest BCUT2D eigenvalue weighted by Crippen LogP contribution is -2.54. The molecule has 1 aromatic heterocycles. The molecule has 0 bridgehead atoms. The van der Waals surface area contributed by atoms with Crippen LogP contribution in [0.5, 0.6) is 0 Å². The summed E-state index contributed by atoms with van der Waals surface area (Å²) in [5.41, 5.74) is 1.47. The molecular formula is C21H28N4O3. The van der Waals surface area contributed by atoms with Crippen LogP contribution >= 0.6 is 0 Å². The zero-order valence-corrected chi connectivity index (χ0v) is 16.4. The summed E-state index contributed by atoms with van der Waals surface area (Å²) in [4.78, 5) is 43.4. The van der Waals surface area contributed by atoms with Gasteiger partial charge in [-0.3, -0.25) is 14.4 Å². The van der Waals surface area contributed by atoms with E-state index in [0.29, 0.717) is 38.4 Å². The number of nitrogens with one attached hydrogen (secondary N) is 2. The van der Waals surface area contributed by atoms with Gasteiger partial charge in [0.15, 0.2) is 0 Å². The summed E-state index contributed by atoms with van der Waals surface area (Å²) < 4.78 is 0. The monoisotopic (exact) mass is 384 g/mol. The van der Waals surface area contributed by atoms with Crippen molar-refractivity contribution in [2.45, 2.75) is 32.6 Å². The standard InChI is InChI=1S/C21H28N4O3/c1-2-3-4-7-10-22-19(26)21(28)25-13-11-24(12-14-25)20(27)18-15-16-8-5-6-9-17(16)23-18/h5-6,8-9,15,23H,2-4,7,10-14H2,1H3,(H,22,26). The predicted molar refractivity (Wildman–Crippen MR) is 108 cm³/mol. The summed E-state index contributed by atoms with van der Waals surface area (Å²) in [6, 6.07) is 9.60. The van der Waals surface area contributed by atoms with E-state index in [0.717, 1.165) is 36.6 Å². The van der Waals surface area contributed by atoms with Crippen LogP contribution in [-0.4, -0.2) is 65.2 Å². The van der Waals surface area contributed by atoms with E-state index in [1.165, 1.54) is 4.90 Å². The molecule has 2 heterocycles. The fraction of sp³-hybridized carbons (Fsp3) is 0.476. The minimum absolute atomic E-state index is 0.0799. The predicted octanol–water partition coefficient (Wildman–Crippen LogP) is 2.15. The first kappa shape index (κ1) is 19.9. The van der Waals surface area contributed by atoms with Gasteiger partial charge in [-0.05, 0) is 18.6 Å². The number of hydrogen-bond donors (Lipinski definition) is 2. The van der Waals surface area contributed by atoms with E-state index in [9.17, 15) is 14.4 Å². The van der Waals surface area contributed by atoms with Crippen LogP contribution in [0.15, 0.2) is 30.3 Å². The van der Waals surface area contributed by atoms with E-state index in [1.54, 1.807) is 4.90 Å². The number of rotatable bonds is 6. The fourth-order valence-electron chi connectivity index (χ4n) is 3.44. The van der Waals surface area contributed by atoms with Crippen LogP contribution in [0.2, 0.25) is 0 Å². The van der Waals surface area contributed by atoms with E-state index < -0.39 is 11.8 Å². The fourth-order valence-corrected chi connectivity index (χ4v) is 3.44. The van der Waals surface area contributed by atoms with Gasteiger partial charge in [-0.15, -0.1) is 0 Å². The lowest BCUT2D eigenvalue weighted by atomic mass is 10.2. The third-order valence-electron chi connectivity index (χ3n) is 5.12. The topological polar surface area (TPSA) is 85.5 Å². The molecule has 1 aliphatic rings. The van der Waals surface area contributed by atoms with Gasteiger partial charge in [0.1, 0.15) is 5.69 Å². The van der Waals surface area contributed by atoms with Gasteiger partial charge in [0.25, 0.3) is 5.91 Å². The second-order valence-corrected chi connectivity index (χ2v) is 7.17. The Labute approximate surface area is 165 Å². The number of H-pyrrole nitrogens is 1. The highest BCUT2D eigenvalue weighted by atomic mass is 16.2. The minimum atomic E-state index is -0.549. The number of para-hydroxylation sites is 1. The second kappa shape index (κ2) is 9.39. The van der Waals surface area contributed by atoms with Crippen molar-refractivity contribution < 1.29 is 14.4 Å². The number of hydrogen-bond acceptors (Lipinski definition) is 3. The third kappa shape index (κ3) is 4.71. The Kier molecular flexibility index (Phi) is 6.68.